The van der Waals surface area contributed by atoms with E-state index in [-0.39, 0.29) is 5.69 Å². The van der Waals surface area contributed by atoms with Gasteiger partial charge in [0.25, 0.3) is 0 Å². The van der Waals surface area contributed by atoms with Crippen molar-refractivity contribution in [3.05, 3.63) is 27.6 Å². The van der Waals surface area contributed by atoms with E-state index in [9.17, 15) is 28.1 Å². The predicted molar refractivity (Wildman–Crippen MR) is 58.0 cm³/mol. The molecular formula is C10H9F3N2O5. The van der Waals surface area contributed by atoms with Gasteiger partial charge in [-0.3, -0.25) is 19.9 Å². The third-order valence-corrected chi connectivity index (χ3v) is 2.11. The van der Waals surface area contributed by atoms with E-state index in [1.54, 1.807) is 0 Å². The molecule has 1 rings (SSSR count). The number of hydrogen-bond acceptors (Lipinski definition) is 6. The van der Waals surface area contributed by atoms with Gasteiger partial charge in [-0.2, -0.15) is 0 Å². The van der Waals surface area contributed by atoms with Gasteiger partial charge in [0, 0.05) is 11.8 Å². The minimum Gasteiger partial charge on any atom is -0.469 e. The Morgan fingerprint density at radius 1 is 1.50 bits per heavy atom. The van der Waals surface area contributed by atoms with Crippen LogP contribution in [0.4, 0.5) is 18.9 Å². The summed E-state index contributed by atoms with van der Waals surface area (Å²) < 4.78 is 44.6. The third kappa shape index (κ3) is 4.07. The lowest BCUT2D eigenvalue weighted by Crippen LogP contribution is -2.19. The first-order valence-corrected chi connectivity index (χ1v) is 5.11. The highest BCUT2D eigenvalue weighted by Crippen LogP contribution is 2.34. The summed E-state index contributed by atoms with van der Waals surface area (Å²) in [5.74, 6) is -1.89. The van der Waals surface area contributed by atoms with Crippen molar-refractivity contribution in [2.75, 3.05) is 7.11 Å². The van der Waals surface area contributed by atoms with Crippen molar-refractivity contribution in [2.45, 2.75) is 19.7 Å². The number of carbonyl (C=O) groups is 1. The fourth-order valence-electron chi connectivity index (χ4n) is 1.43. The molecule has 7 nitrogen and oxygen atoms in total. The highest BCUT2D eigenvalue weighted by molar-refractivity contribution is 5.74. The molecule has 10 heteroatoms. The van der Waals surface area contributed by atoms with Gasteiger partial charge in [0.2, 0.25) is 5.75 Å². The molecule has 0 aliphatic rings. The molecule has 0 bridgehead atoms. The Bertz CT molecular complexity index is 544. The Morgan fingerprint density at radius 3 is 2.55 bits per heavy atom. The molecule has 1 aromatic rings. The van der Waals surface area contributed by atoms with Crippen LogP contribution >= 0.6 is 0 Å². The number of nitro groups is 1. The van der Waals surface area contributed by atoms with E-state index < -0.39 is 40.8 Å². The fraction of sp³-hybridized carbons (Fsp3) is 0.400. The molecule has 0 aromatic carbocycles. The number of methoxy groups -OCH3 is 1. The lowest BCUT2D eigenvalue weighted by Gasteiger charge is -2.11. The number of aryl methyl sites for hydroxylation is 1. The van der Waals surface area contributed by atoms with Crippen molar-refractivity contribution in [2.24, 2.45) is 0 Å². The summed E-state index contributed by atoms with van der Waals surface area (Å²) in [6.45, 7) is 1.31. The van der Waals surface area contributed by atoms with Crippen LogP contribution in [-0.4, -0.2) is 29.3 Å². The Hall–Kier alpha value is -2.39. The standard InChI is InChI=1S/C10H9F3N2O5/c1-5-3-7(20-10(11,12)13)9(15(17)18)6(14-5)4-8(16)19-2/h3H,4H2,1-2H3. The van der Waals surface area contributed by atoms with E-state index in [1.807, 2.05) is 0 Å². The lowest BCUT2D eigenvalue weighted by molar-refractivity contribution is -0.389. The van der Waals surface area contributed by atoms with Crippen LogP contribution in [0, 0.1) is 17.0 Å². The van der Waals surface area contributed by atoms with Crippen LogP contribution in [-0.2, 0) is 16.0 Å². The molecule has 0 atom stereocenters. The molecule has 0 aliphatic heterocycles. The Kier molecular flexibility index (Phi) is 4.48. The number of rotatable bonds is 4. The van der Waals surface area contributed by atoms with E-state index >= 15 is 0 Å². The number of ether oxygens (including phenoxy) is 2. The summed E-state index contributed by atoms with van der Waals surface area (Å²) in [5, 5.41) is 10.9. The van der Waals surface area contributed by atoms with Crippen LogP contribution in [0.5, 0.6) is 5.75 Å². The molecule has 0 N–H and O–H groups in total. The molecule has 0 radical (unpaired) electrons. The zero-order chi connectivity index (χ0) is 15.5. The summed E-state index contributed by atoms with van der Waals surface area (Å²) in [7, 11) is 1.04. The number of pyridine rings is 1. The Balaban J connectivity index is 3.36. The van der Waals surface area contributed by atoms with E-state index in [1.165, 1.54) is 6.92 Å². The van der Waals surface area contributed by atoms with Gasteiger partial charge < -0.3 is 9.47 Å². The molecule has 0 saturated heterocycles. The third-order valence-electron chi connectivity index (χ3n) is 2.11. The van der Waals surface area contributed by atoms with Crippen molar-refractivity contribution < 1.29 is 32.4 Å². The summed E-state index contributed by atoms with van der Waals surface area (Å²) in [6.07, 6.45) is -5.73. The van der Waals surface area contributed by atoms with Crippen LogP contribution in [0.3, 0.4) is 0 Å². The Labute approximate surface area is 110 Å². The zero-order valence-corrected chi connectivity index (χ0v) is 10.4. The topological polar surface area (TPSA) is 91.6 Å². The second-order valence-electron chi connectivity index (χ2n) is 3.61. The molecule has 1 aromatic heterocycles. The highest BCUT2D eigenvalue weighted by atomic mass is 19.4. The second kappa shape index (κ2) is 5.72. The smallest absolute Gasteiger partial charge is 0.469 e. The maximum absolute atomic E-state index is 12.2. The van der Waals surface area contributed by atoms with E-state index in [2.05, 4.69) is 14.5 Å². The summed E-state index contributed by atoms with van der Waals surface area (Å²) in [5.41, 5.74) is -1.44. The van der Waals surface area contributed by atoms with Crippen LogP contribution in [0.1, 0.15) is 11.4 Å². The molecule has 20 heavy (non-hydrogen) atoms. The van der Waals surface area contributed by atoms with E-state index in [4.69, 9.17) is 0 Å². The lowest BCUT2D eigenvalue weighted by atomic mass is 10.2. The average molecular weight is 294 g/mol. The van der Waals surface area contributed by atoms with Crippen LogP contribution in [0.15, 0.2) is 6.07 Å². The van der Waals surface area contributed by atoms with Gasteiger partial charge >= 0.3 is 18.0 Å². The van der Waals surface area contributed by atoms with E-state index in [0.29, 0.717) is 0 Å². The molecule has 1 heterocycles. The van der Waals surface area contributed by atoms with Crippen molar-refractivity contribution in [3.8, 4) is 5.75 Å². The van der Waals surface area contributed by atoms with Gasteiger partial charge in [-0.15, -0.1) is 13.2 Å². The number of aromatic nitrogens is 1. The van der Waals surface area contributed by atoms with Gasteiger partial charge in [0.1, 0.15) is 5.69 Å². The minimum atomic E-state index is -5.10. The average Bonchev–Trinajstić information content (AvgIpc) is 2.24. The van der Waals surface area contributed by atoms with Crippen LogP contribution < -0.4 is 4.74 Å². The van der Waals surface area contributed by atoms with Crippen LogP contribution in [0.2, 0.25) is 0 Å². The predicted octanol–water partition coefficient (Wildman–Crippen LogP) is 1.91. The largest absolute Gasteiger partial charge is 0.573 e. The molecule has 0 fully saturated rings. The highest BCUT2D eigenvalue weighted by Gasteiger charge is 2.36. The summed E-state index contributed by atoms with van der Waals surface area (Å²) in [6, 6.07) is 0.770. The number of hydrogen-bond donors (Lipinski definition) is 0. The summed E-state index contributed by atoms with van der Waals surface area (Å²) >= 11 is 0. The number of esters is 1. The molecule has 0 aliphatic carbocycles. The maximum atomic E-state index is 12.2. The number of nitrogens with zero attached hydrogens (tertiary/aromatic N) is 2. The van der Waals surface area contributed by atoms with E-state index in [0.717, 1.165) is 13.2 Å². The Morgan fingerprint density at radius 2 is 2.10 bits per heavy atom. The van der Waals surface area contributed by atoms with Gasteiger partial charge in [0.05, 0.1) is 18.5 Å². The minimum absolute atomic E-state index is 0.0359. The first-order chi connectivity index (χ1) is 9.14. The second-order valence-corrected chi connectivity index (χ2v) is 3.61. The maximum Gasteiger partial charge on any atom is 0.573 e. The van der Waals surface area contributed by atoms with Crippen molar-refractivity contribution in [1.82, 2.24) is 4.98 Å². The molecular weight excluding hydrogens is 285 g/mol. The first kappa shape index (κ1) is 15.7. The van der Waals surface area contributed by atoms with Crippen LogP contribution in [0.25, 0.3) is 0 Å². The van der Waals surface area contributed by atoms with Gasteiger partial charge in [-0.05, 0) is 6.92 Å². The summed E-state index contributed by atoms with van der Waals surface area (Å²) in [4.78, 5) is 24.6. The van der Waals surface area contributed by atoms with Gasteiger partial charge in [0.15, 0.2) is 0 Å². The molecule has 0 amide bonds. The van der Waals surface area contributed by atoms with Crippen molar-refractivity contribution >= 4 is 11.7 Å². The molecule has 0 unspecified atom stereocenters. The monoisotopic (exact) mass is 294 g/mol. The SMILES string of the molecule is COC(=O)Cc1nc(C)cc(OC(F)(F)F)c1[N+](=O)[O-]. The zero-order valence-electron chi connectivity index (χ0n) is 10.4. The molecule has 110 valence electrons. The van der Waals surface area contributed by atoms with Gasteiger partial charge in [-0.25, -0.2) is 0 Å². The number of halogens is 3. The van der Waals surface area contributed by atoms with Gasteiger partial charge in [-0.1, -0.05) is 0 Å². The van der Waals surface area contributed by atoms with Crippen molar-refractivity contribution in [3.63, 3.8) is 0 Å². The number of carbonyl (C=O) groups excluding carboxylic acids is 1. The quantitative estimate of drug-likeness (QED) is 0.478. The fourth-order valence-corrected chi connectivity index (χ4v) is 1.43. The molecule has 0 saturated carbocycles. The first-order valence-electron chi connectivity index (χ1n) is 5.11. The molecule has 0 spiro atoms. The number of alkyl halides is 3. The van der Waals surface area contributed by atoms with Crippen molar-refractivity contribution in [1.29, 1.82) is 0 Å². The normalized spacial score (nSPS) is 11.1.